The third-order valence-electron chi connectivity index (χ3n) is 14.1. The van der Waals surface area contributed by atoms with Crippen LogP contribution in [-0.2, 0) is 42.9 Å². The first-order chi connectivity index (χ1) is 22.9. The van der Waals surface area contributed by atoms with Crippen molar-refractivity contribution in [3.05, 3.63) is 45.1 Å². The van der Waals surface area contributed by atoms with E-state index in [1.165, 1.54) is 21.0 Å². The Morgan fingerprint density at radius 3 is 2.37 bits per heavy atom. The quantitative estimate of drug-likeness (QED) is 0.183. The average molecular weight is 679 g/mol. The van der Waals surface area contributed by atoms with Crippen LogP contribution in [0, 0.1) is 46.3 Å². The molecule has 1 heterocycles. The first-order valence-corrected chi connectivity index (χ1v) is 17.3. The van der Waals surface area contributed by atoms with E-state index in [-0.39, 0.29) is 54.1 Å². The van der Waals surface area contributed by atoms with Gasteiger partial charge < -0.3 is 29.2 Å². The molecular weight excluding hydrogens is 632 g/mol. The number of aliphatic hydroxyl groups is 2. The fraction of sp³-hybridized carbons (Fsp3) is 0.658. The van der Waals surface area contributed by atoms with E-state index in [0.29, 0.717) is 24.0 Å². The predicted octanol–water partition coefficient (Wildman–Crippen LogP) is 3.47. The topological polar surface area (TPSA) is 163 Å². The summed E-state index contributed by atoms with van der Waals surface area (Å²) in [6.45, 7) is 11.6. The van der Waals surface area contributed by atoms with E-state index in [1.807, 2.05) is 6.92 Å². The molecule has 11 atom stereocenters. The molecule has 0 amide bonds. The highest BCUT2D eigenvalue weighted by Gasteiger charge is 2.80. The first kappa shape index (κ1) is 33.9. The van der Waals surface area contributed by atoms with Gasteiger partial charge in [-0.15, -0.1) is 0 Å². The van der Waals surface area contributed by atoms with Crippen molar-refractivity contribution in [1.82, 2.24) is 0 Å². The summed E-state index contributed by atoms with van der Waals surface area (Å²) >= 11 is 0. The summed E-state index contributed by atoms with van der Waals surface area (Å²) in [5.41, 5.74) is -1.37. The summed E-state index contributed by atoms with van der Waals surface area (Å²) in [7, 11) is 1.23. The molecule has 0 aromatic carbocycles. The Hall–Kier alpha value is -3.57. The number of Topliss-reactive ketones (excluding diaryl/α,β-unsaturated/α-hetero) is 1. The van der Waals surface area contributed by atoms with Gasteiger partial charge in [-0.3, -0.25) is 9.59 Å². The van der Waals surface area contributed by atoms with Crippen LogP contribution >= 0.6 is 0 Å². The predicted molar refractivity (Wildman–Crippen MR) is 172 cm³/mol. The van der Waals surface area contributed by atoms with Crippen molar-refractivity contribution in [3.63, 3.8) is 0 Å². The first-order valence-electron chi connectivity index (χ1n) is 17.3. The number of methoxy groups -OCH3 is 1. The Morgan fingerprint density at radius 2 is 1.73 bits per heavy atom. The van der Waals surface area contributed by atoms with Crippen molar-refractivity contribution < 1.29 is 53.1 Å². The van der Waals surface area contributed by atoms with Gasteiger partial charge in [0.15, 0.2) is 5.78 Å². The van der Waals surface area contributed by atoms with E-state index < -0.39 is 75.6 Å². The minimum absolute atomic E-state index is 0.0244. The number of allylic oxidation sites excluding steroid dienone is 2. The molecule has 0 radical (unpaired) electrons. The number of ketones is 1. The molecule has 0 saturated heterocycles. The smallest absolute Gasteiger partial charge is 0.338 e. The largest absolute Gasteiger partial charge is 0.466 e. The highest BCUT2D eigenvalue weighted by Crippen LogP contribution is 2.79. The summed E-state index contributed by atoms with van der Waals surface area (Å²) in [4.78, 5) is 66.7. The Kier molecular flexibility index (Phi) is 7.42. The van der Waals surface area contributed by atoms with Gasteiger partial charge in [0.2, 0.25) is 0 Å². The lowest BCUT2D eigenvalue weighted by molar-refractivity contribution is -0.187. The molecule has 11 heteroatoms. The summed E-state index contributed by atoms with van der Waals surface area (Å²) in [6.07, 6.45) is 2.02. The van der Waals surface area contributed by atoms with Crippen LogP contribution in [0.2, 0.25) is 0 Å². The SMILES string of the molecule is C/C=C(\C)C(=O)OC[C@]1(O)C[C@@H](C)[C@]2(C)[C@@H]3CC4=C5[C@H](/C(=C(\C)C(=O)OC)C(=O)[C@H](O)[C@@]5(C)[C@@H]5C[C@H]45)[C@@]34OC(=O)C(COC(C)=O)=C4C[C@@H]12. The van der Waals surface area contributed by atoms with E-state index in [4.69, 9.17) is 18.9 Å². The maximum atomic E-state index is 14.5. The van der Waals surface area contributed by atoms with Gasteiger partial charge in [0.05, 0.1) is 18.6 Å². The fourth-order valence-electron chi connectivity index (χ4n) is 11.5. The number of carbonyl (C=O) groups excluding carboxylic acids is 5. The molecule has 7 rings (SSSR count). The molecule has 0 aromatic heterocycles. The van der Waals surface area contributed by atoms with Crippen molar-refractivity contribution in [3.8, 4) is 0 Å². The Morgan fingerprint density at radius 1 is 1.04 bits per heavy atom. The van der Waals surface area contributed by atoms with Crippen molar-refractivity contribution in [1.29, 1.82) is 0 Å². The van der Waals surface area contributed by atoms with Crippen LogP contribution in [0.3, 0.4) is 0 Å². The van der Waals surface area contributed by atoms with Gasteiger partial charge in [-0.25, -0.2) is 14.4 Å². The lowest BCUT2D eigenvalue weighted by Crippen LogP contribution is -2.67. The summed E-state index contributed by atoms with van der Waals surface area (Å²) in [5.74, 6) is -4.96. The van der Waals surface area contributed by atoms with Gasteiger partial charge in [-0.05, 0) is 80.8 Å². The molecule has 1 aliphatic heterocycles. The minimum Gasteiger partial charge on any atom is -0.466 e. The number of esters is 4. The fourth-order valence-corrected chi connectivity index (χ4v) is 11.5. The zero-order valence-electron chi connectivity index (χ0n) is 29.4. The van der Waals surface area contributed by atoms with E-state index in [9.17, 15) is 34.2 Å². The lowest BCUT2D eigenvalue weighted by atomic mass is 9.42. The maximum Gasteiger partial charge on any atom is 0.338 e. The summed E-state index contributed by atoms with van der Waals surface area (Å²) in [6, 6.07) is 0. The minimum atomic E-state index is -1.47. The van der Waals surface area contributed by atoms with E-state index in [0.717, 1.165) is 17.6 Å². The Bertz CT molecular complexity index is 1750. The molecule has 6 aliphatic carbocycles. The molecule has 1 spiro atoms. The molecule has 0 bridgehead atoms. The maximum absolute atomic E-state index is 14.5. The van der Waals surface area contributed by atoms with E-state index >= 15 is 0 Å². The molecule has 4 saturated carbocycles. The zero-order valence-corrected chi connectivity index (χ0v) is 29.4. The van der Waals surface area contributed by atoms with Crippen molar-refractivity contribution >= 4 is 29.7 Å². The standard InChI is InChI=1S/C38H46O11/c1-9-16(2)32(42)48-15-37(45)13-17(3)35(6)25(37)12-24-22(14-47-19(5)39)34(44)49-38(24)26(35)11-21-20-10-23(20)36(7)28(21)29(38)27(30(40)31(36)41)18(4)33(43)46-8/h9,17,20,23,25-26,29,31,41,45H,10-15H2,1-8H3/b16-9+,27-18-/t17-,20-,23-,25-,26+,29+,31+,35+,36+,37-,38+/m1/s1. The Labute approximate surface area is 285 Å². The molecule has 0 aromatic rings. The van der Waals surface area contributed by atoms with Crippen LogP contribution in [0.4, 0.5) is 0 Å². The number of ether oxygens (including phenoxy) is 4. The van der Waals surface area contributed by atoms with Crippen LogP contribution < -0.4 is 0 Å². The van der Waals surface area contributed by atoms with Crippen LogP contribution in [0.5, 0.6) is 0 Å². The second-order valence-electron chi connectivity index (χ2n) is 16.0. The van der Waals surface area contributed by atoms with Crippen molar-refractivity contribution in [2.45, 2.75) is 91.5 Å². The second kappa shape index (κ2) is 10.7. The van der Waals surface area contributed by atoms with Crippen molar-refractivity contribution in [2.24, 2.45) is 46.3 Å². The number of hydrogen-bond donors (Lipinski definition) is 2. The van der Waals surface area contributed by atoms with Gasteiger partial charge in [0.25, 0.3) is 0 Å². The highest BCUT2D eigenvalue weighted by molar-refractivity contribution is 6.09. The van der Waals surface area contributed by atoms with Crippen molar-refractivity contribution in [2.75, 3.05) is 20.3 Å². The second-order valence-corrected chi connectivity index (χ2v) is 16.0. The third-order valence-corrected chi connectivity index (χ3v) is 14.1. The molecular formula is C38H46O11. The van der Waals surface area contributed by atoms with Gasteiger partial charge in [0.1, 0.15) is 30.5 Å². The van der Waals surface area contributed by atoms with Gasteiger partial charge in [0, 0.05) is 40.9 Å². The number of hydrogen-bond acceptors (Lipinski definition) is 11. The average Bonchev–Trinajstić information content (AvgIpc) is 3.71. The number of carbonyl (C=O) groups is 5. The van der Waals surface area contributed by atoms with Crippen LogP contribution in [-0.4, -0.2) is 77.5 Å². The number of aliphatic hydroxyl groups excluding tert-OH is 1. The van der Waals surface area contributed by atoms with Gasteiger partial charge in [-0.1, -0.05) is 32.4 Å². The molecule has 2 N–H and O–H groups in total. The molecule has 49 heavy (non-hydrogen) atoms. The Balaban J connectivity index is 1.49. The third kappa shape index (κ3) is 4.11. The molecule has 0 unspecified atom stereocenters. The van der Waals surface area contributed by atoms with Crippen LogP contribution in [0.1, 0.15) is 74.1 Å². The number of rotatable bonds is 6. The summed E-state index contributed by atoms with van der Waals surface area (Å²) < 4.78 is 22.9. The molecule has 7 aliphatic rings. The molecule has 264 valence electrons. The molecule has 11 nitrogen and oxygen atoms in total. The van der Waals surface area contributed by atoms with Crippen LogP contribution in [0.15, 0.2) is 45.1 Å². The van der Waals surface area contributed by atoms with Gasteiger partial charge in [-0.2, -0.15) is 0 Å². The normalized spacial score (nSPS) is 44.0. The van der Waals surface area contributed by atoms with Crippen LogP contribution in [0.25, 0.3) is 0 Å². The monoisotopic (exact) mass is 678 g/mol. The molecule has 4 fully saturated rings. The van der Waals surface area contributed by atoms with E-state index in [2.05, 4.69) is 13.8 Å². The lowest BCUT2D eigenvalue weighted by Gasteiger charge is -2.63. The highest BCUT2D eigenvalue weighted by atomic mass is 16.6. The van der Waals surface area contributed by atoms with Gasteiger partial charge >= 0.3 is 23.9 Å². The van der Waals surface area contributed by atoms with E-state index in [1.54, 1.807) is 19.9 Å². The number of fused-ring (bicyclic) bond motifs is 5. The zero-order chi connectivity index (χ0) is 35.7. The summed E-state index contributed by atoms with van der Waals surface area (Å²) in [5, 5.41) is 24.3.